The zero-order valence-corrected chi connectivity index (χ0v) is 11.5. The van der Waals surface area contributed by atoms with Crippen molar-refractivity contribution in [3.8, 4) is 0 Å². The van der Waals surface area contributed by atoms with Gasteiger partial charge >= 0.3 is 12.0 Å². The smallest absolute Gasteiger partial charge is 0.324 e. The van der Waals surface area contributed by atoms with Crippen LogP contribution in [-0.2, 0) is 9.59 Å². The lowest BCUT2D eigenvalue weighted by molar-refractivity contribution is -0.151. The van der Waals surface area contributed by atoms with Gasteiger partial charge in [0.25, 0.3) is 0 Å². The first kappa shape index (κ1) is 13.8. The van der Waals surface area contributed by atoms with Crippen LogP contribution in [0.1, 0.15) is 33.6 Å². The molecule has 3 amide bonds. The molecule has 2 fully saturated rings. The van der Waals surface area contributed by atoms with E-state index in [9.17, 15) is 19.5 Å². The number of nitrogens with one attached hydrogen (secondary N) is 1. The molecule has 1 saturated heterocycles. The topological polar surface area (TPSA) is 86.7 Å². The highest BCUT2D eigenvalue weighted by Crippen LogP contribution is 2.46. The molecule has 6 nitrogen and oxygen atoms in total. The van der Waals surface area contributed by atoms with Gasteiger partial charge in [-0.3, -0.25) is 14.5 Å². The van der Waals surface area contributed by atoms with Gasteiger partial charge in [0.1, 0.15) is 0 Å². The molecule has 19 heavy (non-hydrogen) atoms. The summed E-state index contributed by atoms with van der Waals surface area (Å²) in [5.74, 6) is -1.49. The Morgan fingerprint density at radius 2 is 2.00 bits per heavy atom. The van der Waals surface area contributed by atoms with E-state index in [1.165, 1.54) is 4.90 Å². The quantitative estimate of drug-likeness (QED) is 0.733. The number of rotatable bonds is 2. The molecule has 1 aliphatic heterocycles. The van der Waals surface area contributed by atoms with Crippen molar-refractivity contribution in [3.05, 3.63) is 0 Å². The van der Waals surface area contributed by atoms with Gasteiger partial charge in [0.05, 0.1) is 12.5 Å². The minimum Gasteiger partial charge on any atom is -0.481 e. The number of carbonyl (C=O) groups is 3. The van der Waals surface area contributed by atoms with Crippen molar-refractivity contribution in [2.24, 2.45) is 17.3 Å². The molecule has 0 spiro atoms. The van der Waals surface area contributed by atoms with Crippen molar-refractivity contribution in [2.45, 2.75) is 39.7 Å². The first-order valence-corrected chi connectivity index (χ1v) is 6.59. The molecule has 106 valence electrons. The largest absolute Gasteiger partial charge is 0.481 e. The van der Waals surface area contributed by atoms with E-state index in [2.05, 4.69) is 5.32 Å². The summed E-state index contributed by atoms with van der Waals surface area (Å²) in [6.45, 7) is 5.78. The minimum absolute atomic E-state index is 0.0462. The lowest BCUT2D eigenvalue weighted by Crippen LogP contribution is -2.54. The molecule has 1 heterocycles. The van der Waals surface area contributed by atoms with Crippen LogP contribution < -0.4 is 5.32 Å². The zero-order valence-electron chi connectivity index (χ0n) is 11.5. The van der Waals surface area contributed by atoms with Crippen LogP contribution in [-0.4, -0.2) is 40.5 Å². The summed E-state index contributed by atoms with van der Waals surface area (Å²) >= 11 is 0. The van der Waals surface area contributed by atoms with Crippen LogP contribution in [0.3, 0.4) is 0 Å². The first-order chi connectivity index (χ1) is 8.76. The number of urea groups is 1. The maximum absolute atomic E-state index is 11.8. The van der Waals surface area contributed by atoms with E-state index < -0.39 is 17.3 Å². The van der Waals surface area contributed by atoms with E-state index in [1.54, 1.807) is 0 Å². The molecular weight excluding hydrogens is 248 g/mol. The van der Waals surface area contributed by atoms with Crippen molar-refractivity contribution in [1.29, 1.82) is 0 Å². The van der Waals surface area contributed by atoms with E-state index in [0.717, 1.165) is 0 Å². The summed E-state index contributed by atoms with van der Waals surface area (Å²) in [6.07, 6.45) is 1.05. The van der Waals surface area contributed by atoms with Gasteiger partial charge in [-0.05, 0) is 24.2 Å². The zero-order chi connectivity index (χ0) is 14.4. The summed E-state index contributed by atoms with van der Waals surface area (Å²) in [5.41, 5.74) is -0.447. The van der Waals surface area contributed by atoms with Crippen molar-refractivity contribution < 1.29 is 19.5 Å². The molecule has 2 N–H and O–H groups in total. The fourth-order valence-electron chi connectivity index (χ4n) is 3.34. The second kappa shape index (κ2) is 4.51. The van der Waals surface area contributed by atoms with Crippen LogP contribution in [0.5, 0.6) is 0 Å². The third kappa shape index (κ3) is 2.09. The van der Waals surface area contributed by atoms with Crippen molar-refractivity contribution in [1.82, 2.24) is 10.2 Å². The lowest BCUT2D eigenvalue weighted by atomic mass is 9.60. The Morgan fingerprint density at radius 1 is 1.37 bits per heavy atom. The molecule has 1 aliphatic carbocycles. The van der Waals surface area contributed by atoms with Gasteiger partial charge in [-0.1, -0.05) is 20.8 Å². The Morgan fingerprint density at radius 3 is 2.47 bits per heavy atom. The Bertz CT molecular complexity index is 416. The molecule has 3 unspecified atom stereocenters. The number of imide groups is 1. The predicted molar refractivity (Wildman–Crippen MR) is 67.3 cm³/mol. The van der Waals surface area contributed by atoms with Crippen molar-refractivity contribution in [2.75, 3.05) is 6.54 Å². The highest BCUT2D eigenvalue weighted by Gasteiger charge is 2.50. The molecule has 0 bridgehead atoms. The molecule has 0 radical (unpaired) electrons. The molecule has 2 rings (SSSR count). The van der Waals surface area contributed by atoms with Gasteiger partial charge in [-0.25, -0.2) is 4.79 Å². The molecule has 2 aliphatic rings. The number of carboxylic acid groups (broad SMARTS) is 1. The second-order valence-electron chi connectivity index (χ2n) is 6.07. The van der Waals surface area contributed by atoms with E-state index in [1.807, 2.05) is 20.8 Å². The van der Waals surface area contributed by atoms with E-state index in [-0.39, 0.29) is 30.4 Å². The van der Waals surface area contributed by atoms with Crippen molar-refractivity contribution >= 4 is 17.9 Å². The molecular formula is C13H20N2O4. The molecule has 0 aromatic heterocycles. The number of carboxylic acids is 1. The van der Waals surface area contributed by atoms with Gasteiger partial charge < -0.3 is 10.4 Å². The second-order valence-corrected chi connectivity index (χ2v) is 6.07. The number of hydrogen-bond donors (Lipinski definition) is 2. The van der Waals surface area contributed by atoms with Gasteiger partial charge in [-0.2, -0.15) is 0 Å². The number of hydrogen-bond acceptors (Lipinski definition) is 3. The van der Waals surface area contributed by atoms with E-state index in [0.29, 0.717) is 12.8 Å². The summed E-state index contributed by atoms with van der Waals surface area (Å²) in [6, 6.07) is -0.563. The maximum atomic E-state index is 11.8. The Labute approximate surface area is 112 Å². The van der Waals surface area contributed by atoms with Crippen LogP contribution in [0.4, 0.5) is 4.79 Å². The summed E-state index contributed by atoms with van der Waals surface area (Å²) < 4.78 is 0. The lowest BCUT2D eigenvalue weighted by Gasteiger charge is -2.48. The molecule has 6 heteroatoms. The van der Waals surface area contributed by atoms with Crippen LogP contribution in [0.15, 0.2) is 0 Å². The number of carbonyl (C=O) groups excluding carboxylic acids is 2. The highest BCUT2D eigenvalue weighted by atomic mass is 16.4. The Kier molecular flexibility index (Phi) is 3.28. The molecule has 3 atom stereocenters. The number of aliphatic carboxylic acids is 1. The average molecular weight is 268 g/mol. The summed E-state index contributed by atoms with van der Waals surface area (Å²) in [5, 5.41) is 11.8. The minimum atomic E-state index is -0.799. The van der Waals surface area contributed by atoms with Gasteiger partial charge in [-0.15, -0.1) is 0 Å². The van der Waals surface area contributed by atoms with Gasteiger partial charge in [0.2, 0.25) is 5.91 Å². The highest BCUT2D eigenvalue weighted by molar-refractivity contribution is 6.02. The maximum Gasteiger partial charge on any atom is 0.324 e. The monoisotopic (exact) mass is 268 g/mol. The fraction of sp³-hybridized carbons (Fsp3) is 0.769. The molecule has 0 aromatic carbocycles. The fourth-order valence-corrected chi connectivity index (χ4v) is 3.34. The Hall–Kier alpha value is -1.59. The van der Waals surface area contributed by atoms with Crippen LogP contribution in [0.25, 0.3) is 0 Å². The van der Waals surface area contributed by atoms with E-state index in [4.69, 9.17) is 0 Å². The van der Waals surface area contributed by atoms with Gasteiger partial charge in [0, 0.05) is 6.04 Å². The third-order valence-electron chi connectivity index (χ3n) is 4.91. The number of nitrogens with zero attached hydrogens (tertiary/aromatic N) is 1. The molecule has 0 aromatic rings. The predicted octanol–water partition coefficient (Wildman–Crippen LogP) is 1.06. The van der Waals surface area contributed by atoms with Crippen LogP contribution in [0.2, 0.25) is 0 Å². The first-order valence-electron chi connectivity index (χ1n) is 6.59. The van der Waals surface area contributed by atoms with Gasteiger partial charge in [0.15, 0.2) is 0 Å². The average Bonchev–Trinajstić information content (AvgIpc) is 2.62. The SMILES string of the molecule is CC1C(N2C(=O)CNC2=O)CCC(C(=O)O)C1(C)C. The third-order valence-corrected chi connectivity index (χ3v) is 4.91. The Balaban J connectivity index is 2.25. The number of amides is 3. The van der Waals surface area contributed by atoms with Crippen molar-refractivity contribution in [3.63, 3.8) is 0 Å². The molecule has 1 saturated carbocycles. The van der Waals surface area contributed by atoms with Crippen LogP contribution in [0, 0.1) is 17.3 Å². The van der Waals surface area contributed by atoms with Crippen LogP contribution >= 0.6 is 0 Å². The summed E-state index contributed by atoms with van der Waals surface area (Å²) in [4.78, 5) is 36.1. The normalized spacial score (nSPS) is 34.3. The van der Waals surface area contributed by atoms with E-state index >= 15 is 0 Å². The summed E-state index contributed by atoms with van der Waals surface area (Å²) in [7, 11) is 0. The standard InChI is InChI=1S/C13H20N2O4/c1-7-9(15-10(16)6-14-12(15)19)5-4-8(11(17)18)13(7,2)3/h7-9H,4-6H2,1-3H3,(H,14,19)(H,17,18).